The van der Waals surface area contributed by atoms with E-state index < -0.39 is 23.3 Å². The van der Waals surface area contributed by atoms with Crippen LogP contribution in [0.4, 0.5) is 5.69 Å². The van der Waals surface area contributed by atoms with E-state index in [-0.39, 0.29) is 36.2 Å². The molecular formula is C19H16ClN5O6. The van der Waals surface area contributed by atoms with Gasteiger partial charge in [0.05, 0.1) is 4.92 Å². The maximum atomic E-state index is 12.1. The van der Waals surface area contributed by atoms with Crippen LogP contribution >= 0.6 is 11.6 Å². The first-order valence-electron chi connectivity index (χ1n) is 8.95. The normalized spacial score (nSPS) is 10.4. The van der Waals surface area contributed by atoms with E-state index in [1.165, 1.54) is 18.2 Å². The predicted molar refractivity (Wildman–Crippen MR) is 109 cm³/mol. The maximum Gasteiger partial charge on any atom is 0.316 e. The van der Waals surface area contributed by atoms with E-state index in [9.17, 15) is 19.7 Å². The molecule has 0 aliphatic rings. The lowest BCUT2D eigenvalue weighted by atomic mass is 10.2. The van der Waals surface area contributed by atoms with Crippen molar-refractivity contribution in [2.24, 2.45) is 0 Å². The van der Waals surface area contributed by atoms with Gasteiger partial charge in [-0.05, 0) is 30.3 Å². The molecule has 160 valence electrons. The molecule has 2 amide bonds. The van der Waals surface area contributed by atoms with Gasteiger partial charge in [-0.2, -0.15) is 4.98 Å². The second kappa shape index (κ2) is 10.2. The number of rotatable bonds is 9. The van der Waals surface area contributed by atoms with E-state index in [1.807, 2.05) is 0 Å². The van der Waals surface area contributed by atoms with Crippen LogP contribution in [-0.4, -0.2) is 46.6 Å². The monoisotopic (exact) mass is 445 g/mol. The second-order valence-electron chi connectivity index (χ2n) is 6.05. The average molecular weight is 446 g/mol. The average Bonchev–Trinajstić information content (AvgIpc) is 3.26. The lowest BCUT2D eigenvalue weighted by Crippen LogP contribution is -2.36. The number of halogens is 1. The van der Waals surface area contributed by atoms with Gasteiger partial charge < -0.3 is 19.9 Å². The molecule has 0 spiro atoms. The summed E-state index contributed by atoms with van der Waals surface area (Å²) in [5.74, 6) is -1.10. The number of hydrogen-bond donors (Lipinski definition) is 2. The number of nitrogens with one attached hydrogen (secondary N) is 2. The molecule has 0 fully saturated rings. The molecule has 0 aliphatic carbocycles. The number of carbonyl (C=O) groups is 2. The molecule has 3 rings (SSSR count). The van der Waals surface area contributed by atoms with Crippen LogP contribution in [0.15, 0.2) is 53.1 Å². The number of nitro benzene ring substituents is 1. The van der Waals surface area contributed by atoms with E-state index in [1.54, 1.807) is 30.3 Å². The van der Waals surface area contributed by atoms with Crippen molar-refractivity contribution in [1.82, 2.24) is 20.8 Å². The molecule has 0 saturated heterocycles. The fourth-order valence-corrected chi connectivity index (χ4v) is 2.54. The summed E-state index contributed by atoms with van der Waals surface area (Å²) < 4.78 is 10.1. The Kier molecular flexibility index (Phi) is 7.12. The number of ether oxygens (including phenoxy) is 1. The van der Waals surface area contributed by atoms with Gasteiger partial charge in [-0.15, -0.1) is 0 Å². The zero-order valence-electron chi connectivity index (χ0n) is 15.9. The summed E-state index contributed by atoms with van der Waals surface area (Å²) in [5.41, 5.74) is 0.401. The molecule has 0 bridgehead atoms. The molecular weight excluding hydrogens is 430 g/mol. The van der Waals surface area contributed by atoms with Crippen molar-refractivity contribution in [3.63, 3.8) is 0 Å². The van der Waals surface area contributed by atoms with Gasteiger partial charge in [0.25, 0.3) is 5.91 Å². The molecule has 31 heavy (non-hydrogen) atoms. The number of amides is 2. The van der Waals surface area contributed by atoms with Crippen molar-refractivity contribution in [3.8, 4) is 17.1 Å². The summed E-state index contributed by atoms with van der Waals surface area (Å²) in [4.78, 5) is 38.2. The largest absolute Gasteiger partial charge is 0.477 e. The van der Waals surface area contributed by atoms with Crippen molar-refractivity contribution in [2.75, 3.05) is 19.7 Å². The third-order valence-corrected chi connectivity index (χ3v) is 4.13. The van der Waals surface area contributed by atoms with Gasteiger partial charge in [-0.3, -0.25) is 19.7 Å². The van der Waals surface area contributed by atoms with E-state index in [0.29, 0.717) is 10.6 Å². The van der Waals surface area contributed by atoms with Crippen molar-refractivity contribution in [1.29, 1.82) is 0 Å². The minimum absolute atomic E-state index is 0.0103. The number of benzene rings is 2. The molecule has 1 heterocycles. The smallest absolute Gasteiger partial charge is 0.316 e. The third-order valence-electron chi connectivity index (χ3n) is 3.88. The first kappa shape index (κ1) is 21.7. The van der Waals surface area contributed by atoms with E-state index in [0.717, 1.165) is 0 Å². The zero-order valence-corrected chi connectivity index (χ0v) is 16.7. The van der Waals surface area contributed by atoms with Gasteiger partial charge >= 0.3 is 17.5 Å². The summed E-state index contributed by atoms with van der Waals surface area (Å²) >= 11 is 5.83. The quantitative estimate of drug-likeness (QED) is 0.289. The Hall–Kier alpha value is -3.99. The van der Waals surface area contributed by atoms with Crippen LogP contribution in [0, 0.1) is 10.1 Å². The highest BCUT2D eigenvalue weighted by atomic mass is 35.5. The van der Waals surface area contributed by atoms with E-state index in [4.69, 9.17) is 20.9 Å². The van der Waals surface area contributed by atoms with Crippen LogP contribution in [0.25, 0.3) is 11.4 Å². The summed E-state index contributed by atoms with van der Waals surface area (Å²) in [6, 6.07) is 12.4. The van der Waals surface area contributed by atoms with Gasteiger partial charge in [-0.25, -0.2) is 0 Å². The van der Waals surface area contributed by atoms with Crippen molar-refractivity contribution < 1.29 is 23.8 Å². The molecule has 0 aliphatic heterocycles. The lowest BCUT2D eigenvalue weighted by molar-refractivity contribution is -0.385. The first-order valence-corrected chi connectivity index (χ1v) is 9.32. The molecule has 0 radical (unpaired) electrons. The molecule has 0 unspecified atom stereocenters. The Labute approximate surface area is 180 Å². The highest BCUT2D eigenvalue weighted by Crippen LogP contribution is 2.25. The lowest BCUT2D eigenvalue weighted by Gasteiger charge is -2.08. The fraction of sp³-hybridized carbons (Fsp3) is 0.158. The highest BCUT2D eigenvalue weighted by Gasteiger charge is 2.17. The summed E-state index contributed by atoms with van der Waals surface area (Å²) in [7, 11) is 0. The number of carbonyl (C=O) groups excluding carboxylic acids is 2. The van der Waals surface area contributed by atoms with Gasteiger partial charge in [-0.1, -0.05) is 28.9 Å². The zero-order chi connectivity index (χ0) is 22.2. The van der Waals surface area contributed by atoms with Crippen LogP contribution < -0.4 is 15.4 Å². The second-order valence-corrected chi connectivity index (χ2v) is 6.49. The third kappa shape index (κ3) is 6.00. The topological polar surface area (TPSA) is 149 Å². The number of nitro groups is 1. The van der Waals surface area contributed by atoms with Crippen LogP contribution in [0.1, 0.15) is 10.7 Å². The molecule has 0 atom stereocenters. The first-order chi connectivity index (χ1) is 14.9. The minimum atomic E-state index is -0.599. The molecule has 11 nitrogen and oxygen atoms in total. The summed E-state index contributed by atoms with van der Waals surface area (Å²) in [6.07, 6.45) is 0. The van der Waals surface area contributed by atoms with Gasteiger partial charge in [0, 0.05) is 29.7 Å². The molecule has 12 heteroatoms. The van der Waals surface area contributed by atoms with Crippen molar-refractivity contribution in [3.05, 3.63) is 69.6 Å². The Morgan fingerprint density at radius 3 is 2.55 bits per heavy atom. The predicted octanol–water partition coefficient (Wildman–Crippen LogP) is 2.22. The Morgan fingerprint density at radius 1 is 1.10 bits per heavy atom. The molecule has 0 saturated carbocycles. The molecule has 2 aromatic carbocycles. The van der Waals surface area contributed by atoms with Crippen LogP contribution in [0.2, 0.25) is 5.02 Å². The van der Waals surface area contributed by atoms with Gasteiger partial charge in [0.1, 0.15) is 0 Å². The van der Waals surface area contributed by atoms with E-state index >= 15 is 0 Å². The summed E-state index contributed by atoms with van der Waals surface area (Å²) in [5, 5.41) is 20.3. The molecule has 2 N–H and O–H groups in total. The van der Waals surface area contributed by atoms with Crippen molar-refractivity contribution >= 4 is 29.1 Å². The van der Waals surface area contributed by atoms with Crippen molar-refractivity contribution in [2.45, 2.75) is 0 Å². The highest BCUT2D eigenvalue weighted by molar-refractivity contribution is 6.30. The molecule has 3 aromatic rings. The maximum absolute atomic E-state index is 12.1. The Morgan fingerprint density at radius 2 is 1.81 bits per heavy atom. The van der Waals surface area contributed by atoms with E-state index in [2.05, 4.69) is 20.8 Å². The standard InChI is InChI=1S/C19H16ClN5O6/c20-13-7-5-12(6-8-13)17-23-19(31-24-17)18(27)22-10-9-21-16(26)11-30-15-4-2-1-3-14(15)25(28)29/h1-8H,9-11H2,(H,21,26)(H,22,27). The van der Waals surface area contributed by atoms with Crippen LogP contribution in [0.5, 0.6) is 5.75 Å². The Balaban J connectivity index is 1.41. The Bertz CT molecular complexity index is 1090. The number of para-hydroxylation sites is 2. The van der Waals surface area contributed by atoms with Crippen LogP contribution in [-0.2, 0) is 4.79 Å². The molecule has 1 aromatic heterocycles. The SMILES string of the molecule is O=C(COc1ccccc1[N+](=O)[O-])NCCNC(=O)c1nc(-c2ccc(Cl)cc2)no1. The van der Waals surface area contributed by atoms with Gasteiger partial charge in [0.2, 0.25) is 5.82 Å². The number of nitrogens with zero attached hydrogens (tertiary/aromatic N) is 3. The minimum Gasteiger partial charge on any atom is -0.477 e. The van der Waals surface area contributed by atoms with Crippen LogP contribution in [0.3, 0.4) is 0 Å². The number of hydrogen-bond acceptors (Lipinski definition) is 8. The van der Waals surface area contributed by atoms with Gasteiger partial charge in [0.15, 0.2) is 12.4 Å². The number of aromatic nitrogens is 2. The fourth-order valence-electron chi connectivity index (χ4n) is 2.41. The summed E-state index contributed by atoms with van der Waals surface area (Å²) in [6.45, 7) is -0.218.